The quantitative estimate of drug-likeness (QED) is 0.892. The van der Waals surface area contributed by atoms with Crippen LogP contribution in [0.3, 0.4) is 0 Å². The summed E-state index contributed by atoms with van der Waals surface area (Å²) >= 11 is 3.49. The maximum absolute atomic E-state index is 11.8. The average molecular weight is 347 g/mol. The van der Waals surface area contributed by atoms with Crippen molar-refractivity contribution in [3.8, 4) is 0 Å². The minimum atomic E-state index is -0.111. The van der Waals surface area contributed by atoms with Crippen LogP contribution in [0.1, 0.15) is 28.8 Å². The third kappa shape index (κ3) is 3.58. The first-order valence-corrected chi connectivity index (χ1v) is 7.57. The summed E-state index contributed by atoms with van der Waals surface area (Å²) in [5.74, 6) is 0.350. The molecule has 1 heterocycles. The molecule has 0 aliphatic heterocycles. The van der Waals surface area contributed by atoms with E-state index in [9.17, 15) is 4.79 Å². The van der Waals surface area contributed by atoms with Crippen molar-refractivity contribution in [2.24, 2.45) is 0 Å². The van der Waals surface area contributed by atoms with Crippen molar-refractivity contribution in [1.82, 2.24) is 15.3 Å². The van der Waals surface area contributed by atoms with Gasteiger partial charge in [-0.25, -0.2) is 9.97 Å². The highest BCUT2D eigenvalue weighted by Gasteiger charge is 2.24. The van der Waals surface area contributed by atoms with Crippen LogP contribution in [0, 0.1) is 6.92 Å². The van der Waals surface area contributed by atoms with Gasteiger partial charge in [0.2, 0.25) is 5.95 Å². The minimum absolute atomic E-state index is 0.111. The van der Waals surface area contributed by atoms with Crippen LogP contribution in [0.5, 0.6) is 0 Å². The monoisotopic (exact) mass is 346 g/mol. The van der Waals surface area contributed by atoms with Gasteiger partial charge in [-0.3, -0.25) is 4.79 Å². The Morgan fingerprint density at radius 2 is 2.00 bits per heavy atom. The van der Waals surface area contributed by atoms with E-state index in [1.54, 1.807) is 0 Å². The molecule has 0 spiro atoms. The molecular formula is C15H15BrN4O. The van der Waals surface area contributed by atoms with Gasteiger partial charge in [0, 0.05) is 22.9 Å². The van der Waals surface area contributed by atoms with Gasteiger partial charge in [-0.1, -0.05) is 6.07 Å². The Bertz CT molecular complexity index is 668. The highest BCUT2D eigenvalue weighted by Crippen LogP contribution is 2.25. The Morgan fingerprint density at radius 1 is 1.29 bits per heavy atom. The summed E-state index contributed by atoms with van der Waals surface area (Å²) < 4.78 is 0.946. The van der Waals surface area contributed by atoms with Gasteiger partial charge in [0.05, 0.1) is 11.3 Å². The van der Waals surface area contributed by atoms with E-state index < -0.39 is 0 Å². The highest BCUT2D eigenvalue weighted by atomic mass is 79.9. The summed E-state index contributed by atoms with van der Waals surface area (Å²) in [6.45, 7) is 2.03. The number of carbonyl (C=O) groups is 1. The summed E-state index contributed by atoms with van der Waals surface area (Å²) in [6.07, 6.45) is 5.20. The van der Waals surface area contributed by atoms with Crippen LogP contribution >= 0.6 is 15.9 Å². The van der Waals surface area contributed by atoms with Gasteiger partial charge in [-0.2, -0.15) is 0 Å². The van der Waals surface area contributed by atoms with E-state index in [1.807, 2.05) is 25.1 Å². The first-order chi connectivity index (χ1) is 10.1. The van der Waals surface area contributed by atoms with Crippen molar-refractivity contribution >= 4 is 33.5 Å². The Morgan fingerprint density at radius 3 is 2.62 bits per heavy atom. The van der Waals surface area contributed by atoms with Gasteiger partial charge in [0.15, 0.2) is 0 Å². The summed E-state index contributed by atoms with van der Waals surface area (Å²) in [5, 5.41) is 6.03. The van der Waals surface area contributed by atoms with Crippen molar-refractivity contribution in [2.75, 3.05) is 5.32 Å². The molecule has 108 valence electrons. The van der Waals surface area contributed by atoms with Crippen LogP contribution in [0.4, 0.5) is 11.6 Å². The second kappa shape index (κ2) is 5.81. The van der Waals surface area contributed by atoms with Gasteiger partial charge in [0.1, 0.15) is 0 Å². The first kappa shape index (κ1) is 14.0. The number of halogens is 1. The molecule has 1 aliphatic rings. The molecule has 1 saturated carbocycles. The number of anilines is 2. The molecule has 3 rings (SSSR count). The fourth-order valence-corrected chi connectivity index (χ4v) is 2.44. The molecule has 0 unspecified atom stereocenters. The van der Waals surface area contributed by atoms with Gasteiger partial charge in [-0.05, 0) is 53.4 Å². The maximum atomic E-state index is 11.8. The predicted molar refractivity (Wildman–Crippen MR) is 84.7 cm³/mol. The number of rotatable bonds is 4. The molecule has 1 aromatic heterocycles. The zero-order chi connectivity index (χ0) is 14.8. The molecule has 1 amide bonds. The number of nitrogens with zero attached hydrogens (tertiary/aromatic N) is 2. The van der Waals surface area contributed by atoms with Crippen molar-refractivity contribution in [3.63, 3.8) is 0 Å². The van der Waals surface area contributed by atoms with Crippen LogP contribution in [0.25, 0.3) is 0 Å². The van der Waals surface area contributed by atoms with Crippen molar-refractivity contribution < 1.29 is 4.79 Å². The second-order valence-electron chi connectivity index (χ2n) is 5.15. The molecule has 0 saturated heterocycles. The highest BCUT2D eigenvalue weighted by molar-refractivity contribution is 9.10. The number of aryl methyl sites for hydroxylation is 1. The van der Waals surface area contributed by atoms with Crippen molar-refractivity contribution in [2.45, 2.75) is 25.8 Å². The molecule has 21 heavy (non-hydrogen) atoms. The molecule has 0 radical (unpaired) electrons. The number of amides is 1. The molecule has 5 nitrogen and oxygen atoms in total. The number of benzene rings is 1. The summed E-state index contributed by atoms with van der Waals surface area (Å²) in [4.78, 5) is 20.2. The normalized spacial score (nSPS) is 13.8. The predicted octanol–water partition coefficient (Wildman–Crippen LogP) is 3.18. The molecule has 2 aromatic rings. The number of carbonyl (C=O) groups excluding carboxylic acids is 1. The van der Waals surface area contributed by atoms with Gasteiger partial charge in [-0.15, -0.1) is 0 Å². The Balaban J connectivity index is 1.70. The molecular weight excluding hydrogens is 332 g/mol. The maximum Gasteiger partial charge on any atom is 0.254 e. The molecule has 1 fully saturated rings. The standard InChI is InChI=1S/C15H15BrN4O/c1-9-2-5-13(12(16)6-9)20-15-17-7-10(8-18-15)14(21)19-11-3-4-11/h2,5-8,11H,3-4H2,1H3,(H,19,21)(H,17,18,20). The fourth-order valence-electron chi connectivity index (χ4n) is 1.85. The summed E-state index contributed by atoms with van der Waals surface area (Å²) in [5.41, 5.74) is 2.53. The minimum Gasteiger partial charge on any atom is -0.349 e. The van der Waals surface area contributed by atoms with Crippen LogP contribution in [-0.4, -0.2) is 21.9 Å². The summed E-state index contributed by atoms with van der Waals surface area (Å²) in [6, 6.07) is 6.31. The Kier molecular flexibility index (Phi) is 3.88. The second-order valence-corrected chi connectivity index (χ2v) is 6.01. The van der Waals surface area contributed by atoms with E-state index in [2.05, 4.69) is 36.5 Å². The van der Waals surface area contributed by atoms with E-state index in [0.29, 0.717) is 17.6 Å². The SMILES string of the molecule is Cc1ccc(Nc2ncc(C(=O)NC3CC3)cn2)c(Br)c1. The molecule has 2 N–H and O–H groups in total. The molecule has 0 atom stereocenters. The lowest BCUT2D eigenvalue weighted by molar-refractivity contribution is 0.0950. The number of hydrogen-bond acceptors (Lipinski definition) is 4. The largest absolute Gasteiger partial charge is 0.349 e. The zero-order valence-corrected chi connectivity index (χ0v) is 13.1. The van der Waals surface area contributed by atoms with Gasteiger partial charge < -0.3 is 10.6 Å². The topological polar surface area (TPSA) is 66.9 Å². The number of nitrogens with one attached hydrogen (secondary N) is 2. The van der Waals surface area contributed by atoms with Gasteiger partial charge >= 0.3 is 0 Å². The van der Waals surface area contributed by atoms with Gasteiger partial charge in [0.25, 0.3) is 5.91 Å². The average Bonchev–Trinajstić information content (AvgIpc) is 3.26. The molecule has 1 aromatic carbocycles. The molecule has 6 heteroatoms. The van der Waals surface area contributed by atoms with E-state index in [0.717, 1.165) is 23.0 Å². The first-order valence-electron chi connectivity index (χ1n) is 6.78. The molecule has 0 bridgehead atoms. The van der Waals surface area contributed by atoms with Crippen LogP contribution < -0.4 is 10.6 Å². The number of hydrogen-bond donors (Lipinski definition) is 2. The van der Waals surface area contributed by atoms with Crippen LogP contribution in [-0.2, 0) is 0 Å². The van der Waals surface area contributed by atoms with E-state index in [-0.39, 0.29) is 5.91 Å². The lowest BCUT2D eigenvalue weighted by atomic mass is 10.2. The lowest BCUT2D eigenvalue weighted by Crippen LogP contribution is -2.25. The van der Waals surface area contributed by atoms with E-state index in [4.69, 9.17) is 0 Å². The van der Waals surface area contributed by atoms with Crippen molar-refractivity contribution in [3.05, 3.63) is 46.2 Å². The summed E-state index contributed by atoms with van der Waals surface area (Å²) in [7, 11) is 0. The lowest BCUT2D eigenvalue weighted by Gasteiger charge is -2.08. The zero-order valence-electron chi connectivity index (χ0n) is 11.6. The van der Waals surface area contributed by atoms with E-state index in [1.165, 1.54) is 18.0 Å². The van der Waals surface area contributed by atoms with Crippen LogP contribution in [0.15, 0.2) is 35.1 Å². The number of aromatic nitrogens is 2. The smallest absolute Gasteiger partial charge is 0.254 e. The fraction of sp³-hybridized carbons (Fsp3) is 0.267. The van der Waals surface area contributed by atoms with Crippen LogP contribution in [0.2, 0.25) is 0 Å². The third-order valence-corrected chi connectivity index (χ3v) is 3.85. The molecule has 1 aliphatic carbocycles. The Hall–Kier alpha value is -1.95. The van der Waals surface area contributed by atoms with E-state index >= 15 is 0 Å². The third-order valence-electron chi connectivity index (χ3n) is 3.20. The van der Waals surface area contributed by atoms with Crippen molar-refractivity contribution in [1.29, 1.82) is 0 Å². The Labute approximate surface area is 131 Å².